The lowest BCUT2D eigenvalue weighted by atomic mass is 9.86. The Morgan fingerprint density at radius 3 is 2.71 bits per heavy atom. The molecule has 0 spiro atoms. The van der Waals surface area contributed by atoms with Gasteiger partial charge in [0.2, 0.25) is 5.91 Å². The summed E-state index contributed by atoms with van der Waals surface area (Å²) in [6.07, 6.45) is 6.43. The zero-order chi connectivity index (χ0) is 17.1. The Labute approximate surface area is 142 Å². The molecular formula is C19H25N3O2. The molecule has 1 heterocycles. The molecule has 5 heteroatoms. The predicted octanol–water partition coefficient (Wildman–Crippen LogP) is 2.82. The van der Waals surface area contributed by atoms with Gasteiger partial charge in [-0.1, -0.05) is 19.1 Å². The summed E-state index contributed by atoms with van der Waals surface area (Å²) in [6, 6.07) is 7.64. The Hall–Kier alpha value is -2.17. The largest absolute Gasteiger partial charge is 0.343 e. The molecular weight excluding hydrogens is 302 g/mol. The summed E-state index contributed by atoms with van der Waals surface area (Å²) >= 11 is 0. The molecule has 3 rings (SSSR count). The van der Waals surface area contributed by atoms with Crippen LogP contribution in [0.1, 0.15) is 39.0 Å². The molecule has 1 amide bonds. The molecule has 1 saturated carbocycles. The van der Waals surface area contributed by atoms with Crippen LogP contribution in [0.3, 0.4) is 0 Å². The van der Waals surface area contributed by atoms with Crippen LogP contribution in [0.2, 0.25) is 0 Å². The van der Waals surface area contributed by atoms with Crippen LogP contribution in [0.4, 0.5) is 0 Å². The summed E-state index contributed by atoms with van der Waals surface area (Å²) in [5.74, 6) is 0.876. The Morgan fingerprint density at radius 1 is 1.25 bits per heavy atom. The predicted molar refractivity (Wildman–Crippen MR) is 94.8 cm³/mol. The summed E-state index contributed by atoms with van der Waals surface area (Å²) in [6.45, 7) is 2.65. The van der Waals surface area contributed by atoms with Crippen molar-refractivity contribution in [3.05, 3.63) is 40.9 Å². The molecule has 0 radical (unpaired) electrons. The van der Waals surface area contributed by atoms with Gasteiger partial charge in [-0.2, -0.15) is 0 Å². The number of rotatable bonds is 4. The van der Waals surface area contributed by atoms with Crippen molar-refractivity contribution in [1.29, 1.82) is 0 Å². The fourth-order valence-corrected chi connectivity index (χ4v) is 3.49. The highest BCUT2D eigenvalue weighted by atomic mass is 16.2. The second-order valence-corrected chi connectivity index (χ2v) is 6.93. The number of aromatic nitrogens is 2. The van der Waals surface area contributed by atoms with Gasteiger partial charge < -0.3 is 4.90 Å². The summed E-state index contributed by atoms with van der Waals surface area (Å²) in [5.41, 5.74) is 0.612. The van der Waals surface area contributed by atoms with Crippen LogP contribution < -0.4 is 5.56 Å². The monoisotopic (exact) mass is 327 g/mol. The first kappa shape index (κ1) is 16.7. The number of nitrogens with zero attached hydrogens (tertiary/aromatic N) is 3. The highest BCUT2D eigenvalue weighted by Gasteiger charge is 2.24. The van der Waals surface area contributed by atoms with Crippen LogP contribution in [-0.2, 0) is 11.3 Å². The van der Waals surface area contributed by atoms with Crippen molar-refractivity contribution in [3.8, 4) is 0 Å². The third-order valence-corrected chi connectivity index (χ3v) is 5.22. The number of carbonyl (C=O) groups excluding carboxylic acids is 1. The molecule has 1 aliphatic rings. The smallest absolute Gasteiger partial charge is 0.261 e. The summed E-state index contributed by atoms with van der Waals surface area (Å²) in [5, 5.41) is 0.599. The fourth-order valence-electron chi connectivity index (χ4n) is 3.49. The number of hydrogen-bond donors (Lipinski definition) is 0. The molecule has 5 nitrogen and oxygen atoms in total. The van der Waals surface area contributed by atoms with Gasteiger partial charge in [-0.25, -0.2) is 4.98 Å². The molecule has 0 saturated heterocycles. The van der Waals surface area contributed by atoms with Crippen LogP contribution in [0, 0.1) is 5.92 Å². The minimum absolute atomic E-state index is 0.0810. The molecule has 0 atom stereocenters. The number of fused-ring (bicyclic) bond motifs is 1. The lowest BCUT2D eigenvalue weighted by molar-refractivity contribution is -0.133. The average molecular weight is 327 g/mol. The molecule has 1 fully saturated rings. The number of amides is 1. The van der Waals surface area contributed by atoms with Crippen molar-refractivity contribution >= 4 is 16.8 Å². The van der Waals surface area contributed by atoms with Gasteiger partial charge in [0.25, 0.3) is 5.56 Å². The van der Waals surface area contributed by atoms with Gasteiger partial charge in [0.05, 0.1) is 17.2 Å². The normalized spacial score (nSPS) is 20.9. The molecule has 2 aromatic rings. The quantitative estimate of drug-likeness (QED) is 0.868. The van der Waals surface area contributed by atoms with Gasteiger partial charge in [-0.15, -0.1) is 0 Å². The van der Waals surface area contributed by atoms with Crippen molar-refractivity contribution in [3.63, 3.8) is 0 Å². The standard InChI is InChI=1S/C19H25N3O2/c1-14-7-9-15(10-8-14)21(2)18(23)11-12-22-13-20-17-6-4-3-5-16(17)19(22)24/h3-6,13-15H,7-12H2,1-2H3. The van der Waals surface area contributed by atoms with E-state index in [0.29, 0.717) is 29.9 Å². The van der Waals surface area contributed by atoms with Gasteiger partial charge in [0, 0.05) is 26.1 Å². The van der Waals surface area contributed by atoms with Gasteiger partial charge in [0.15, 0.2) is 0 Å². The van der Waals surface area contributed by atoms with E-state index in [2.05, 4.69) is 11.9 Å². The number of hydrogen-bond acceptors (Lipinski definition) is 3. The number of carbonyl (C=O) groups is 1. The zero-order valence-electron chi connectivity index (χ0n) is 14.4. The van der Waals surface area contributed by atoms with Crippen LogP contribution in [0.25, 0.3) is 10.9 Å². The lowest BCUT2D eigenvalue weighted by Crippen LogP contribution is -2.39. The summed E-state index contributed by atoms with van der Waals surface area (Å²) in [4.78, 5) is 31.1. The van der Waals surface area contributed by atoms with E-state index in [4.69, 9.17) is 0 Å². The maximum atomic E-state index is 12.5. The van der Waals surface area contributed by atoms with Gasteiger partial charge in [0.1, 0.15) is 0 Å². The third-order valence-electron chi connectivity index (χ3n) is 5.22. The Morgan fingerprint density at radius 2 is 1.96 bits per heavy atom. The Bertz CT molecular complexity index is 776. The topological polar surface area (TPSA) is 55.2 Å². The minimum atomic E-state index is -0.0810. The number of benzene rings is 1. The molecule has 0 bridgehead atoms. The van der Waals surface area contributed by atoms with E-state index in [1.807, 2.05) is 30.1 Å². The van der Waals surface area contributed by atoms with E-state index in [1.54, 1.807) is 12.4 Å². The zero-order valence-corrected chi connectivity index (χ0v) is 14.4. The molecule has 1 aliphatic carbocycles. The maximum absolute atomic E-state index is 12.5. The van der Waals surface area contributed by atoms with Gasteiger partial charge in [-0.05, 0) is 43.7 Å². The highest BCUT2D eigenvalue weighted by molar-refractivity contribution is 5.77. The Balaban J connectivity index is 1.64. The van der Waals surface area contributed by atoms with Crippen molar-refractivity contribution < 1.29 is 4.79 Å². The van der Waals surface area contributed by atoms with Crippen LogP contribution in [0.15, 0.2) is 35.4 Å². The summed E-state index contributed by atoms with van der Waals surface area (Å²) < 4.78 is 1.54. The van der Waals surface area contributed by atoms with E-state index in [0.717, 1.165) is 18.8 Å². The van der Waals surface area contributed by atoms with Crippen molar-refractivity contribution in [2.75, 3.05) is 7.05 Å². The fraction of sp³-hybridized carbons (Fsp3) is 0.526. The second kappa shape index (κ2) is 7.16. The average Bonchev–Trinajstić information content (AvgIpc) is 2.61. The molecule has 128 valence electrons. The van der Waals surface area contributed by atoms with E-state index >= 15 is 0 Å². The Kier molecular flexibility index (Phi) is 4.97. The first-order valence-electron chi connectivity index (χ1n) is 8.76. The highest BCUT2D eigenvalue weighted by Crippen LogP contribution is 2.26. The van der Waals surface area contributed by atoms with Crippen LogP contribution >= 0.6 is 0 Å². The van der Waals surface area contributed by atoms with E-state index < -0.39 is 0 Å². The van der Waals surface area contributed by atoms with Crippen LogP contribution in [-0.4, -0.2) is 33.4 Å². The molecule has 0 unspecified atom stereocenters. The van der Waals surface area contributed by atoms with Gasteiger partial charge in [-0.3, -0.25) is 14.2 Å². The lowest BCUT2D eigenvalue weighted by Gasteiger charge is -2.33. The van der Waals surface area contributed by atoms with Gasteiger partial charge >= 0.3 is 0 Å². The van der Waals surface area contributed by atoms with Crippen molar-refractivity contribution in [2.45, 2.75) is 51.6 Å². The van der Waals surface area contributed by atoms with E-state index in [1.165, 1.54) is 17.4 Å². The molecule has 1 aromatic heterocycles. The molecule has 1 aromatic carbocycles. The number of aryl methyl sites for hydroxylation is 1. The van der Waals surface area contributed by atoms with Crippen molar-refractivity contribution in [2.24, 2.45) is 5.92 Å². The third kappa shape index (κ3) is 3.50. The first-order valence-corrected chi connectivity index (χ1v) is 8.76. The second-order valence-electron chi connectivity index (χ2n) is 6.93. The molecule has 0 aliphatic heterocycles. The summed E-state index contributed by atoms with van der Waals surface area (Å²) in [7, 11) is 1.89. The SMILES string of the molecule is CC1CCC(N(C)C(=O)CCn2cnc3ccccc3c2=O)CC1. The molecule has 24 heavy (non-hydrogen) atoms. The minimum Gasteiger partial charge on any atom is -0.343 e. The number of para-hydroxylation sites is 1. The van der Waals surface area contributed by atoms with Crippen molar-refractivity contribution in [1.82, 2.24) is 14.5 Å². The van der Waals surface area contributed by atoms with E-state index in [-0.39, 0.29) is 11.5 Å². The van der Waals surface area contributed by atoms with Crippen LogP contribution in [0.5, 0.6) is 0 Å². The van der Waals surface area contributed by atoms with E-state index in [9.17, 15) is 9.59 Å². The molecule has 0 N–H and O–H groups in total. The first-order chi connectivity index (χ1) is 11.6. The maximum Gasteiger partial charge on any atom is 0.261 e.